The Morgan fingerprint density at radius 3 is 2.49 bits per heavy atom. The molecule has 1 saturated heterocycles. The number of hydrogen-bond donors (Lipinski definition) is 4. The second-order valence-corrected chi connectivity index (χ2v) is 12.4. The van der Waals surface area contributed by atoms with E-state index in [1.165, 1.54) is 62.4 Å². The first-order chi connectivity index (χ1) is 21.2. The molecule has 0 aromatic heterocycles. The summed E-state index contributed by atoms with van der Waals surface area (Å²) in [5.74, 6) is -3.71. The van der Waals surface area contributed by atoms with Crippen LogP contribution in [0.2, 0.25) is 0 Å². The van der Waals surface area contributed by atoms with Crippen molar-refractivity contribution in [1.29, 1.82) is 0 Å². The number of carboxylic acid groups (broad SMARTS) is 1. The normalized spacial score (nSPS) is 28.4. The molecule has 0 spiro atoms. The second-order valence-electron chi connectivity index (χ2n) is 10.7. The number of nitrogens with zero attached hydrogens (tertiary/aromatic N) is 1. The van der Waals surface area contributed by atoms with Crippen molar-refractivity contribution in [2.45, 2.75) is 56.8 Å². The fraction of sp³-hybridized carbons (Fsp3) is 0.367. The Balaban J connectivity index is 1.49. The first-order valence-electron chi connectivity index (χ1n) is 13.9. The highest BCUT2D eigenvalue weighted by Crippen LogP contribution is 2.47. The minimum absolute atomic E-state index is 0.0295. The van der Waals surface area contributed by atoms with E-state index in [1.807, 2.05) is 30.3 Å². The van der Waals surface area contributed by atoms with Crippen LogP contribution >= 0.6 is 7.75 Å². The van der Waals surface area contributed by atoms with Crippen molar-refractivity contribution in [3.63, 3.8) is 0 Å². The third kappa shape index (κ3) is 7.85. The minimum Gasteiger partial charge on any atom is -0.480 e. The van der Waals surface area contributed by atoms with Gasteiger partial charge < -0.3 is 34.4 Å². The Labute approximate surface area is 259 Å². The first kappa shape index (κ1) is 34.0. The van der Waals surface area contributed by atoms with Crippen LogP contribution in [0.25, 0.3) is 6.08 Å². The highest BCUT2D eigenvalue weighted by atomic mass is 31.2. The van der Waals surface area contributed by atoms with Crippen LogP contribution in [0.15, 0.2) is 72.9 Å². The summed E-state index contributed by atoms with van der Waals surface area (Å²) in [6, 6.07) is 13.4. The Morgan fingerprint density at radius 1 is 1.20 bits per heavy atom. The molecule has 2 unspecified atom stereocenters. The van der Waals surface area contributed by atoms with Crippen molar-refractivity contribution < 1.29 is 52.1 Å². The van der Waals surface area contributed by atoms with E-state index >= 15 is 4.39 Å². The highest BCUT2D eigenvalue weighted by molar-refractivity contribution is 7.52. The van der Waals surface area contributed by atoms with E-state index in [4.69, 9.17) is 18.5 Å². The maximum Gasteiger partial charge on any atom is 0.459 e. The molecule has 4 rings (SSSR count). The molecule has 7 atom stereocenters. The summed E-state index contributed by atoms with van der Waals surface area (Å²) in [6.07, 6.45) is 0.741. The van der Waals surface area contributed by atoms with E-state index in [2.05, 4.69) is 10.4 Å². The molecule has 1 amide bonds. The molecule has 2 aromatic rings. The van der Waals surface area contributed by atoms with Crippen molar-refractivity contribution in [2.75, 3.05) is 13.7 Å². The second kappa shape index (κ2) is 13.6. The number of methoxy groups -OCH3 is 1. The third-order valence-electron chi connectivity index (χ3n) is 7.32. The number of aliphatic hydroxyl groups excluding tert-OH is 1. The summed E-state index contributed by atoms with van der Waals surface area (Å²) in [7, 11) is -3.22. The molecular weight excluding hydrogens is 612 g/mol. The Hall–Kier alpha value is -3.91. The van der Waals surface area contributed by atoms with Gasteiger partial charge in [-0.25, -0.2) is 8.96 Å². The average Bonchev–Trinajstić information content (AvgIpc) is 3.23. The molecule has 0 aliphatic carbocycles. The molecule has 45 heavy (non-hydrogen) atoms. The van der Waals surface area contributed by atoms with Gasteiger partial charge in [0.15, 0.2) is 17.7 Å². The number of aliphatic carboxylic acids is 1. The van der Waals surface area contributed by atoms with Crippen molar-refractivity contribution in [3.05, 3.63) is 84.1 Å². The van der Waals surface area contributed by atoms with Crippen molar-refractivity contribution >= 4 is 31.5 Å². The lowest BCUT2D eigenvalue weighted by Crippen LogP contribution is -2.66. The number of nitrogens with one attached hydrogen (secondary N) is 2. The number of benzene rings is 2. The van der Waals surface area contributed by atoms with E-state index < -0.39 is 62.2 Å². The van der Waals surface area contributed by atoms with Crippen LogP contribution in [-0.4, -0.2) is 82.5 Å². The summed E-state index contributed by atoms with van der Waals surface area (Å²) in [4.78, 5) is 37.3. The van der Waals surface area contributed by atoms with Gasteiger partial charge in [-0.2, -0.15) is 5.09 Å². The van der Waals surface area contributed by atoms with Gasteiger partial charge in [-0.05, 0) is 49.8 Å². The molecule has 0 radical (unpaired) electrons. The Kier molecular flexibility index (Phi) is 10.3. The zero-order valence-corrected chi connectivity index (χ0v) is 25.8. The maximum atomic E-state index is 15.9. The number of ether oxygens (including phenoxy) is 2. The smallest absolute Gasteiger partial charge is 0.459 e. The zero-order chi connectivity index (χ0) is 33.0. The molecular formula is C30H35FN3O10P. The van der Waals surface area contributed by atoms with Gasteiger partial charge in [0.25, 0.3) is 0 Å². The van der Waals surface area contributed by atoms with Crippen LogP contribution in [0.5, 0.6) is 5.75 Å². The maximum absolute atomic E-state index is 15.9. The lowest BCUT2D eigenvalue weighted by molar-refractivity contribution is -0.213. The minimum atomic E-state index is -4.51. The van der Waals surface area contributed by atoms with E-state index in [0.717, 1.165) is 18.6 Å². The number of hydrogen-bond acceptors (Lipinski definition) is 10. The zero-order valence-electron chi connectivity index (χ0n) is 25.0. The number of halogens is 1. The van der Waals surface area contributed by atoms with Crippen LogP contribution in [0.4, 0.5) is 4.39 Å². The number of carbonyl (C=O) groups is 3. The molecule has 4 N–H and O–H groups in total. The summed E-state index contributed by atoms with van der Waals surface area (Å²) in [5, 5.41) is 25.1. The highest BCUT2D eigenvalue weighted by Gasteiger charge is 2.59. The lowest BCUT2D eigenvalue weighted by atomic mass is 9.97. The fourth-order valence-corrected chi connectivity index (χ4v) is 6.15. The topological polar surface area (TPSA) is 173 Å². The lowest BCUT2D eigenvalue weighted by Gasteiger charge is -2.46. The summed E-state index contributed by atoms with van der Waals surface area (Å²) in [6.45, 7) is 3.06. The molecule has 0 bridgehead atoms. The van der Waals surface area contributed by atoms with Gasteiger partial charge in [0.1, 0.15) is 24.0 Å². The van der Waals surface area contributed by atoms with Crippen LogP contribution in [0, 0.1) is 0 Å². The van der Waals surface area contributed by atoms with Gasteiger partial charge in [0.2, 0.25) is 11.8 Å². The standard InChI is InChI=1S/C30H35FN3O10P/c1-19(27(38)39)33-45(40,44-22-13-11-21(12-14-22)23(35)15-10-20-8-6-5-7-9-20)42-18-24-26(37)29(2,31)28(43-24)34-17-16-25(36)32-30(34,3)41-4/h5-17,19,24,26,28,37H,18H2,1-4H3,(H,32,36)(H,33,40)(H,38,39)/b15-10+/t19-,24+,26+,28+,29+,30?,45?/m0/s1. The number of ketones is 1. The largest absolute Gasteiger partial charge is 0.480 e. The van der Waals surface area contributed by atoms with Crippen molar-refractivity contribution in [1.82, 2.24) is 15.3 Å². The van der Waals surface area contributed by atoms with E-state index in [9.17, 15) is 29.2 Å². The van der Waals surface area contributed by atoms with E-state index in [0.29, 0.717) is 5.56 Å². The molecule has 15 heteroatoms. The molecule has 1 fully saturated rings. The van der Waals surface area contributed by atoms with E-state index in [1.54, 1.807) is 6.08 Å². The number of rotatable bonds is 13. The monoisotopic (exact) mass is 647 g/mol. The molecule has 2 aliphatic rings. The average molecular weight is 648 g/mol. The number of amides is 1. The number of aliphatic hydroxyl groups is 1. The number of carbonyl (C=O) groups excluding carboxylic acids is 2. The van der Waals surface area contributed by atoms with Gasteiger partial charge in [-0.15, -0.1) is 0 Å². The fourth-order valence-electron chi connectivity index (χ4n) is 4.64. The predicted molar refractivity (Wildman–Crippen MR) is 159 cm³/mol. The summed E-state index contributed by atoms with van der Waals surface area (Å²) >= 11 is 0. The van der Waals surface area contributed by atoms with Gasteiger partial charge in [-0.3, -0.25) is 18.9 Å². The van der Waals surface area contributed by atoms with Crippen molar-refractivity contribution in [2.24, 2.45) is 0 Å². The summed E-state index contributed by atoms with van der Waals surface area (Å²) in [5.41, 5.74) is -1.30. The van der Waals surface area contributed by atoms with Crippen LogP contribution in [-0.2, 0) is 28.2 Å². The number of allylic oxidation sites excluding steroid dienone is 1. The number of carboxylic acids is 1. The molecule has 2 aliphatic heterocycles. The van der Waals surface area contributed by atoms with Crippen LogP contribution in [0.3, 0.4) is 0 Å². The van der Waals surface area contributed by atoms with Crippen LogP contribution < -0.4 is 14.9 Å². The third-order valence-corrected chi connectivity index (χ3v) is 8.97. The van der Waals surface area contributed by atoms with Gasteiger partial charge in [0, 0.05) is 31.9 Å². The SMILES string of the molecule is COC1(C)NC(=O)C=CN1[C@@H]1O[C@H](COP(=O)(N[C@@H](C)C(=O)O)Oc2ccc(C(=O)/C=C/c3ccccc3)cc2)[C@@H](O)[C@@]1(C)F. The van der Waals surface area contributed by atoms with E-state index in [-0.39, 0.29) is 11.5 Å². The van der Waals surface area contributed by atoms with Crippen molar-refractivity contribution in [3.8, 4) is 5.75 Å². The number of alkyl halides is 1. The van der Waals surface area contributed by atoms with Crippen LogP contribution in [0.1, 0.15) is 36.7 Å². The molecule has 0 saturated carbocycles. The van der Waals surface area contributed by atoms with Gasteiger partial charge in [0.05, 0.1) is 6.61 Å². The summed E-state index contributed by atoms with van der Waals surface area (Å²) < 4.78 is 51.9. The Morgan fingerprint density at radius 2 is 1.87 bits per heavy atom. The molecule has 13 nitrogen and oxygen atoms in total. The van der Waals surface area contributed by atoms with Gasteiger partial charge >= 0.3 is 13.7 Å². The predicted octanol–water partition coefficient (Wildman–Crippen LogP) is 3.23. The molecule has 2 heterocycles. The molecule has 242 valence electrons. The molecule has 2 aromatic carbocycles. The Bertz CT molecular complexity index is 1500. The van der Waals surface area contributed by atoms with Gasteiger partial charge in [-0.1, -0.05) is 36.4 Å². The quantitative estimate of drug-likeness (QED) is 0.142. The first-order valence-corrected chi connectivity index (χ1v) is 15.4.